The monoisotopic (exact) mass is 395 g/mol. The minimum atomic E-state index is -1.05. The topological polar surface area (TPSA) is 111 Å². The molecule has 1 aliphatic heterocycles. The second-order valence-electron chi connectivity index (χ2n) is 7.54. The molecule has 152 valence electrons. The van der Waals surface area contributed by atoms with Gasteiger partial charge in [-0.1, -0.05) is 25.1 Å². The lowest BCUT2D eigenvalue weighted by Crippen LogP contribution is -2.52. The van der Waals surface area contributed by atoms with E-state index in [9.17, 15) is 19.6 Å². The zero-order chi connectivity index (χ0) is 21.0. The zero-order valence-corrected chi connectivity index (χ0v) is 16.6. The van der Waals surface area contributed by atoms with Crippen LogP contribution in [-0.4, -0.2) is 45.6 Å². The molecule has 1 aromatic carbocycles. The second kappa shape index (κ2) is 8.35. The number of nitriles is 1. The number of nitrogens with zero attached hydrogens (tertiary/aromatic N) is 3. The molecule has 2 unspecified atom stereocenters. The van der Waals surface area contributed by atoms with Crippen LogP contribution < -0.4 is 10.9 Å². The Morgan fingerprint density at radius 1 is 1.34 bits per heavy atom. The summed E-state index contributed by atoms with van der Waals surface area (Å²) >= 11 is 0. The Morgan fingerprint density at radius 2 is 2.07 bits per heavy atom. The predicted octanol–water partition coefficient (Wildman–Crippen LogP) is 1.83. The van der Waals surface area contributed by atoms with Gasteiger partial charge in [-0.2, -0.15) is 5.26 Å². The molecule has 0 spiro atoms. The van der Waals surface area contributed by atoms with Gasteiger partial charge in [0.15, 0.2) is 0 Å². The van der Waals surface area contributed by atoms with Crippen LogP contribution in [0.3, 0.4) is 0 Å². The van der Waals surface area contributed by atoms with Crippen LogP contribution in [0.2, 0.25) is 0 Å². The summed E-state index contributed by atoms with van der Waals surface area (Å²) in [7, 11) is 0. The van der Waals surface area contributed by atoms with Crippen LogP contribution in [0.1, 0.15) is 43.6 Å². The minimum absolute atomic E-state index is 0.165. The molecule has 1 aromatic heterocycles. The van der Waals surface area contributed by atoms with Gasteiger partial charge in [-0.25, -0.2) is 4.68 Å². The van der Waals surface area contributed by atoms with E-state index in [0.29, 0.717) is 25.2 Å². The van der Waals surface area contributed by atoms with E-state index in [1.807, 2.05) is 13.0 Å². The van der Waals surface area contributed by atoms with Crippen LogP contribution in [-0.2, 0) is 4.79 Å². The average molecular weight is 395 g/mol. The van der Waals surface area contributed by atoms with E-state index < -0.39 is 11.3 Å². The number of hydrogen-bond acceptors (Lipinski definition) is 4. The highest BCUT2D eigenvalue weighted by molar-refractivity contribution is 5.92. The summed E-state index contributed by atoms with van der Waals surface area (Å²) in [5.74, 6) is -0.597. The van der Waals surface area contributed by atoms with Gasteiger partial charge in [-0.05, 0) is 38.3 Å². The maximum absolute atomic E-state index is 12.7. The Labute approximate surface area is 169 Å². The van der Waals surface area contributed by atoms with Crippen molar-refractivity contribution in [2.75, 3.05) is 13.1 Å². The fraction of sp³-hybridized carbons (Fsp3) is 0.429. The number of hydrogen-bond donors (Lipinski definition) is 2. The molecular weight excluding hydrogens is 370 g/mol. The Kier molecular flexibility index (Phi) is 5.87. The normalized spacial score (nSPS) is 18.5. The van der Waals surface area contributed by atoms with E-state index in [1.54, 1.807) is 36.1 Å². The van der Waals surface area contributed by atoms with Crippen molar-refractivity contribution in [1.82, 2.24) is 20.0 Å². The molecular formula is C21H25N5O3. The summed E-state index contributed by atoms with van der Waals surface area (Å²) in [5, 5.41) is 15.1. The third-order valence-corrected chi connectivity index (χ3v) is 5.45. The molecule has 8 nitrogen and oxygen atoms in total. The van der Waals surface area contributed by atoms with Gasteiger partial charge >= 0.3 is 0 Å². The second-order valence-corrected chi connectivity index (χ2v) is 7.54. The molecule has 3 rings (SSSR count). The van der Waals surface area contributed by atoms with E-state index in [1.165, 1.54) is 10.7 Å². The highest BCUT2D eigenvalue weighted by atomic mass is 16.2. The number of amides is 2. The van der Waals surface area contributed by atoms with E-state index in [-0.39, 0.29) is 23.2 Å². The highest BCUT2D eigenvalue weighted by Crippen LogP contribution is 2.25. The number of nitrogens with one attached hydrogen (secondary N) is 2. The van der Waals surface area contributed by atoms with Crippen molar-refractivity contribution in [1.29, 1.82) is 5.26 Å². The van der Waals surface area contributed by atoms with Crippen molar-refractivity contribution >= 4 is 11.8 Å². The van der Waals surface area contributed by atoms with Gasteiger partial charge in [-0.15, -0.1) is 0 Å². The Morgan fingerprint density at radius 3 is 2.72 bits per heavy atom. The predicted molar refractivity (Wildman–Crippen MR) is 107 cm³/mol. The molecule has 1 fully saturated rings. The molecule has 2 N–H and O–H groups in total. The zero-order valence-electron chi connectivity index (χ0n) is 16.6. The SMILES string of the molecule is CCC(C)(C#N)C(=O)N1CCCC(NC(=O)c2cc(=O)n(-c3ccccc3)[nH]2)C1. The van der Waals surface area contributed by atoms with Crippen molar-refractivity contribution in [2.24, 2.45) is 5.41 Å². The third kappa shape index (κ3) is 4.24. The number of rotatable bonds is 5. The van der Waals surface area contributed by atoms with E-state index in [4.69, 9.17) is 0 Å². The molecule has 0 radical (unpaired) electrons. The van der Waals surface area contributed by atoms with Crippen molar-refractivity contribution in [2.45, 2.75) is 39.2 Å². The van der Waals surface area contributed by atoms with E-state index in [0.717, 1.165) is 12.8 Å². The summed E-state index contributed by atoms with van der Waals surface area (Å²) < 4.78 is 1.31. The first kappa shape index (κ1) is 20.4. The molecule has 0 saturated carbocycles. The number of carbonyl (C=O) groups excluding carboxylic acids is 2. The fourth-order valence-corrected chi connectivity index (χ4v) is 3.45. The molecule has 2 amide bonds. The molecule has 1 aliphatic rings. The van der Waals surface area contributed by atoms with Gasteiger partial charge in [0.1, 0.15) is 11.1 Å². The van der Waals surface area contributed by atoms with Crippen molar-refractivity contribution in [3.63, 3.8) is 0 Å². The number of likely N-dealkylation sites (tertiary alicyclic amines) is 1. The first-order chi connectivity index (χ1) is 13.9. The van der Waals surface area contributed by atoms with Crippen LogP contribution >= 0.6 is 0 Å². The summed E-state index contributed by atoms with van der Waals surface area (Å²) in [6.07, 6.45) is 1.90. The number of aromatic amines is 1. The lowest BCUT2D eigenvalue weighted by atomic mass is 9.87. The first-order valence-corrected chi connectivity index (χ1v) is 9.77. The molecule has 0 aliphatic carbocycles. The van der Waals surface area contributed by atoms with E-state index in [2.05, 4.69) is 16.5 Å². The van der Waals surface area contributed by atoms with Gasteiger partial charge < -0.3 is 10.2 Å². The van der Waals surface area contributed by atoms with Crippen molar-refractivity contribution in [3.8, 4) is 11.8 Å². The van der Waals surface area contributed by atoms with Crippen LogP contribution in [0.25, 0.3) is 5.69 Å². The average Bonchev–Trinajstić information content (AvgIpc) is 3.15. The molecule has 2 heterocycles. The summed E-state index contributed by atoms with van der Waals surface area (Å²) in [6.45, 7) is 4.39. The lowest BCUT2D eigenvalue weighted by Gasteiger charge is -2.36. The summed E-state index contributed by atoms with van der Waals surface area (Å²) in [4.78, 5) is 39.2. The summed E-state index contributed by atoms with van der Waals surface area (Å²) in [6, 6.07) is 12.1. The van der Waals surface area contributed by atoms with Crippen LogP contribution in [0.15, 0.2) is 41.2 Å². The maximum Gasteiger partial charge on any atom is 0.271 e. The number of H-pyrrole nitrogens is 1. The van der Waals surface area contributed by atoms with E-state index >= 15 is 0 Å². The smallest absolute Gasteiger partial charge is 0.271 e. The van der Waals surface area contributed by atoms with Gasteiger partial charge in [0.2, 0.25) is 5.91 Å². The fourth-order valence-electron chi connectivity index (χ4n) is 3.45. The number of aromatic nitrogens is 2. The minimum Gasteiger partial charge on any atom is -0.346 e. The standard InChI is InChI=1S/C21H25N5O3/c1-3-21(2,14-22)20(29)25-11-7-8-15(13-25)23-19(28)17-12-18(27)26(24-17)16-9-5-4-6-10-16/h4-6,9-10,12,15,24H,3,7-8,11,13H2,1-2H3,(H,23,28). The Hall–Kier alpha value is -3.34. The molecule has 0 bridgehead atoms. The largest absolute Gasteiger partial charge is 0.346 e. The molecule has 2 atom stereocenters. The number of para-hydroxylation sites is 1. The summed E-state index contributed by atoms with van der Waals surface area (Å²) in [5.41, 5.74) is -0.571. The van der Waals surface area contributed by atoms with Crippen LogP contribution in [0.5, 0.6) is 0 Å². The number of carbonyl (C=O) groups is 2. The molecule has 29 heavy (non-hydrogen) atoms. The first-order valence-electron chi connectivity index (χ1n) is 9.77. The Bertz CT molecular complexity index is 988. The highest BCUT2D eigenvalue weighted by Gasteiger charge is 2.37. The Balaban J connectivity index is 1.69. The quantitative estimate of drug-likeness (QED) is 0.804. The van der Waals surface area contributed by atoms with Gasteiger partial charge in [0, 0.05) is 25.2 Å². The van der Waals surface area contributed by atoms with Gasteiger partial charge in [-0.3, -0.25) is 19.5 Å². The van der Waals surface area contributed by atoms with Crippen molar-refractivity contribution < 1.29 is 9.59 Å². The van der Waals surface area contributed by atoms with Gasteiger partial charge in [0.25, 0.3) is 11.5 Å². The van der Waals surface area contributed by atoms with Crippen LogP contribution in [0.4, 0.5) is 0 Å². The number of piperidine rings is 1. The number of benzene rings is 1. The lowest BCUT2D eigenvalue weighted by molar-refractivity contribution is -0.139. The molecule has 2 aromatic rings. The van der Waals surface area contributed by atoms with Gasteiger partial charge in [0.05, 0.1) is 11.8 Å². The van der Waals surface area contributed by atoms with Crippen LogP contribution in [0, 0.1) is 16.7 Å². The third-order valence-electron chi connectivity index (χ3n) is 5.45. The maximum atomic E-state index is 12.7. The molecule has 8 heteroatoms. The molecule has 1 saturated heterocycles. The van der Waals surface area contributed by atoms with Crippen molar-refractivity contribution in [3.05, 3.63) is 52.4 Å².